The average molecular weight is 321 g/mol. The van der Waals surface area contributed by atoms with Crippen LogP contribution in [-0.4, -0.2) is 55.1 Å². The van der Waals surface area contributed by atoms with E-state index in [0.29, 0.717) is 26.2 Å². The zero-order chi connectivity index (χ0) is 12.5. The highest BCUT2D eigenvalue weighted by Gasteiger charge is 2.24. The average Bonchev–Trinajstić information content (AvgIpc) is 2.29. The van der Waals surface area contributed by atoms with Gasteiger partial charge in [-0.2, -0.15) is 4.31 Å². The van der Waals surface area contributed by atoms with Crippen molar-refractivity contribution in [3.8, 4) is 0 Å². The smallest absolute Gasteiger partial charge is 0.211 e. The van der Waals surface area contributed by atoms with Crippen molar-refractivity contribution in [3.63, 3.8) is 0 Å². The summed E-state index contributed by atoms with van der Waals surface area (Å²) in [5.41, 5.74) is 0. The number of halogens is 1. The monoisotopic (exact) mass is 320 g/mol. The Morgan fingerprint density at radius 2 is 1.94 bits per heavy atom. The Balaban J connectivity index is 2.08. The van der Waals surface area contributed by atoms with Crippen LogP contribution in [0.3, 0.4) is 0 Å². The molecule has 94 valence electrons. The third-order valence-corrected chi connectivity index (χ3v) is 4.52. The summed E-state index contributed by atoms with van der Waals surface area (Å²) in [5, 5.41) is 0. The Hall–Kier alpha value is -0.730. The normalized spacial score (nSPS) is 18.4. The van der Waals surface area contributed by atoms with Gasteiger partial charge in [0, 0.05) is 32.4 Å². The molecule has 1 fully saturated rings. The number of hydrogen-bond acceptors (Lipinski definition) is 5. The first-order valence-electron chi connectivity index (χ1n) is 5.14. The molecular weight excluding hydrogens is 308 g/mol. The number of nitrogens with zero attached hydrogens (tertiary/aromatic N) is 4. The van der Waals surface area contributed by atoms with Gasteiger partial charge in [0.05, 0.1) is 10.7 Å². The SMILES string of the molecule is CS(=O)(=O)N1CCN(c2ncncc2Br)CC1. The van der Waals surface area contributed by atoms with E-state index in [9.17, 15) is 8.42 Å². The van der Waals surface area contributed by atoms with Gasteiger partial charge >= 0.3 is 0 Å². The van der Waals surface area contributed by atoms with Gasteiger partial charge in [-0.15, -0.1) is 0 Å². The summed E-state index contributed by atoms with van der Waals surface area (Å²) < 4.78 is 25.0. The zero-order valence-corrected chi connectivity index (χ0v) is 11.8. The summed E-state index contributed by atoms with van der Waals surface area (Å²) in [6.07, 6.45) is 4.41. The van der Waals surface area contributed by atoms with Crippen LogP contribution in [0.25, 0.3) is 0 Å². The van der Waals surface area contributed by atoms with Gasteiger partial charge in [0.1, 0.15) is 12.1 Å². The minimum absolute atomic E-state index is 0.495. The second-order valence-electron chi connectivity index (χ2n) is 3.84. The van der Waals surface area contributed by atoms with Gasteiger partial charge in [-0.1, -0.05) is 0 Å². The van der Waals surface area contributed by atoms with E-state index in [4.69, 9.17) is 0 Å². The number of anilines is 1. The molecule has 0 atom stereocenters. The molecule has 0 spiro atoms. The van der Waals surface area contributed by atoms with E-state index in [1.54, 1.807) is 6.20 Å². The molecule has 0 aliphatic carbocycles. The fourth-order valence-electron chi connectivity index (χ4n) is 1.77. The van der Waals surface area contributed by atoms with Gasteiger partial charge < -0.3 is 4.90 Å². The van der Waals surface area contributed by atoms with Crippen LogP contribution in [0.5, 0.6) is 0 Å². The van der Waals surface area contributed by atoms with E-state index in [-0.39, 0.29) is 0 Å². The van der Waals surface area contributed by atoms with Crippen molar-refractivity contribution in [2.24, 2.45) is 0 Å². The summed E-state index contributed by atoms with van der Waals surface area (Å²) in [4.78, 5) is 10.1. The lowest BCUT2D eigenvalue weighted by atomic mass is 10.3. The summed E-state index contributed by atoms with van der Waals surface area (Å²) in [7, 11) is -3.08. The van der Waals surface area contributed by atoms with Gasteiger partial charge in [-0.3, -0.25) is 0 Å². The van der Waals surface area contributed by atoms with Gasteiger partial charge in [-0.05, 0) is 15.9 Å². The lowest BCUT2D eigenvalue weighted by Gasteiger charge is -2.34. The highest BCUT2D eigenvalue weighted by Crippen LogP contribution is 2.23. The molecule has 6 nitrogen and oxygen atoms in total. The van der Waals surface area contributed by atoms with Crippen molar-refractivity contribution in [1.29, 1.82) is 0 Å². The predicted molar refractivity (Wildman–Crippen MR) is 68.4 cm³/mol. The van der Waals surface area contributed by atoms with E-state index < -0.39 is 10.0 Å². The lowest BCUT2D eigenvalue weighted by molar-refractivity contribution is 0.386. The number of rotatable bonds is 2. The van der Waals surface area contributed by atoms with E-state index in [1.165, 1.54) is 16.9 Å². The fourth-order valence-corrected chi connectivity index (χ4v) is 3.07. The molecule has 0 unspecified atom stereocenters. The Morgan fingerprint density at radius 3 is 2.47 bits per heavy atom. The maximum Gasteiger partial charge on any atom is 0.211 e. The van der Waals surface area contributed by atoms with Crippen LogP contribution < -0.4 is 4.90 Å². The fraction of sp³-hybridized carbons (Fsp3) is 0.556. The molecule has 1 aliphatic heterocycles. The molecule has 1 aromatic rings. The minimum Gasteiger partial charge on any atom is -0.353 e. The van der Waals surface area contributed by atoms with Gasteiger partial charge in [0.15, 0.2) is 0 Å². The summed E-state index contributed by atoms with van der Waals surface area (Å²) >= 11 is 3.39. The van der Waals surface area contributed by atoms with Crippen molar-refractivity contribution in [1.82, 2.24) is 14.3 Å². The standard InChI is InChI=1S/C9H13BrN4O2S/c1-17(15,16)14-4-2-13(3-5-14)9-8(10)6-11-7-12-9/h6-7H,2-5H2,1H3. The van der Waals surface area contributed by atoms with Crippen LogP contribution in [0.1, 0.15) is 0 Å². The summed E-state index contributed by atoms with van der Waals surface area (Å²) in [5.74, 6) is 0.813. The molecule has 17 heavy (non-hydrogen) atoms. The molecule has 0 saturated carbocycles. The first kappa shape index (κ1) is 12.7. The van der Waals surface area contributed by atoms with Crippen molar-refractivity contribution in [3.05, 3.63) is 17.0 Å². The van der Waals surface area contributed by atoms with Gasteiger partial charge in [0.25, 0.3) is 0 Å². The molecule has 0 amide bonds. The molecule has 0 radical (unpaired) electrons. The van der Waals surface area contributed by atoms with Gasteiger partial charge in [-0.25, -0.2) is 18.4 Å². The molecule has 1 aliphatic rings. The summed E-state index contributed by atoms with van der Waals surface area (Å²) in [6.45, 7) is 2.27. The van der Waals surface area contributed by atoms with Crippen LogP contribution in [0.2, 0.25) is 0 Å². The Bertz CT molecular complexity index is 499. The van der Waals surface area contributed by atoms with E-state index in [0.717, 1.165) is 10.3 Å². The quantitative estimate of drug-likeness (QED) is 0.785. The molecule has 0 N–H and O–H groups in total. The first-order valence-corrected chi connectivity index (χ1v) is 7.78. The topological polar surface area (TPSA) is 66.4 Å². The van der Waals surface area contributed by atoms with Crippen molar-refractivity contribution >= 4 is 31.8 Å². The molecular formula is C9H13BrN4O2S. The second-order valence-corrected chi connectivity index (χ2v) is 6.68. The first-order chi connectivity index (χ1) is 7.98. The molecule has 2 rings (SSSR count). The largest absolute Gasteiger partial charge is 0.353 e. The molecule has 8 heteroatoms. The van der Waals surface area contributed by atoms with Crippen LogP contribution >= 0.6 is 15.9 Å². The molecule has 0 aromatic carbocycles. The van der Waals surface area contributed by atoms with Crippen LogP contribution in [0, 0.1) is 0 Å². The molecule has 1 aromatic heterocycles. The lowest BCUT2D eigenvalue weighted by Crippen LogP contribution is -2.48. The highest BCUT2D eigenvalue weighted by atomic mass is 79.9. The van der Waals surface area contributed by atoms with Crippen molar-refractivity contribution in [2.45, 2.75) is 0 Å². The number of piperazine rings is 1. The Kier molecular flexibility index (Phi) is 3.64. The number of aromatic nitrogens is 2. The highest BCUT2D eigenvalue weighted by molar-refractivity contribution is 9.10. The minimum atomic E-state index is -3.08. The summed E-state index contributed by atoms with van der Waals surface area (Å²) in [6, 6.07) is 0. The van der Waals surface area contributed by atoms with E-state index in [1.807, 2.05) is 4.90 Å². The van der Waals surface area contributed by atoms with Crippen LogP contribution in [0.15, 0.2) is 17.0 Å². The van der Waals surface area contributed by atoms with Crippen LogP contribution in [-0.2, 0) is 10.0 Å². The van der Waals surface area contributed by atoms with Crippen molar-refractivity contribution in [2.75, 3.05) is 37.3 Å². The third kappa shape index (κ3) is 2.93. The molecule has 2 heterocycles. The van der Waals surface area contributed by atoms with E-state index >= 15 is 0 Å². The molecule has 1 saturated heterocycles. The van der Waals surface area contributed by atoms with Crippen LogP contribution in [0.4, 0.5) is 5.82 Å². The predicted octanol–water partition coefficient (Wildman–Crippen LogP) is 0.321. The maximum absolute atomic E-state index is 11.4. The molecule has 0 bridgehead atoms. The third-order valence-electron chi connectivity index (χ3n) is 2.66. The number of sulfonamides is 1. The number of hydrogen-bond donors (Lipinski definition) is 0. The van der Waals surface area contributed by atoms with Crippen molar-refractivity contribution < 1.29 is 8.42 Å². The zero-order valence-electron chi connectivity index (χ0n) is 9.37. The maximum atomic E-state index is 11.4. The second kappa shape index (κ2) is 4.87. The Morgan fingerprint density at radius 1 is 1.29 bits per heavy atom. The van der Waals surface area contributed by atoms with Gasteiger partial charge in [0.2, 0.25) is 10.0 Å². The Labute approximate surface area is 109 Å². The van der Waals surface area contributed by atoms with E-state index in [2.05, 4.69) is 25.9 Å².